The summed E-state index contributed by atoms with van der Waals surface area (Å²) in [6.07, 6.45) is 0. The Kier molecular flexibility index (Phi) is 3.59. The molecule has 19 heavy (non-hydrogen) atoms. The zero-order valence-corrected chi connectivity index (χ0v) is 10.9. The van der Waals surface area contributed by atoms with E-state index in [0.717, 1.165) is 0 Å². The molecule has 0 bridgehead atoms. The van der Waals surface area contributed by atoms with Crippen LogP contribution in [0.5, 0.6) is 0 Å². The van der Waals surface area contributed by atoms with E-state index in [9.17, 15) is 9.18 Å². The number of hydrogen-bond acceptors (Lipinski definition) is 4. The first-order valence-electron chi connectivity index (χ1n) is 5.84. The van der Waals surface area contributed by atoms with Crippen molar-refractivity contribution in [2.75, 3.05) is 0 Å². The highest BCUT2D eigenvalue weighted by Crippen LogP contribution is 2.13. The highest BCUT2D eigenvalue weighted by molar-refractivity contribution is 5.94. The largest absolute Gasteiger partial charge is 0.341 e. The van der Waals surface area contributed by atoms with Gasteiger partial charge in [0.25, 0.3) is 5.91 Å². The van der Waals surface area contributed by atoms with Crippen molar-refractivity contribution in [1.29, 1.82) is 0 Å². The number of nitrogens with one attached hydrogen (secondary N) is 1. The number of nitrogens with zero attached hydrogens (tertiary/aromatic N) is 2. The summed E-state index contributed by atoms with van der Waals surface area (Å²) in [7, 11) is 0. The van der Waals surface area contributed by atoms with Gasteiger partial charge in [0.05, 0.1) is 0 Å². The van der Waals surface area contributed by atoms with Crippen LogP contribution in [0.4, 0.5) is 4.39 Å². The molecule has 1 amide bonds. The summed E-state index contributed by atoms with van der Waals surface area (Å²) in [6.45, 7) is 5.05. The minimum atomic E-state index is -0.432. The van der Waals surface area contributed by atoms with Gasteiger partial charge in [0, 0.05) is 5.56 Å². The number of hydrogen-bond donors (Lipinski definition) is 1. The average molecular weight is 263 g/mol. The Balaban J connectivity index is 2.10. The summed E-state index contributed by atoms with van der Waals surface area (Å²) in [5.41, 5.74) is 0.753. The van der Waals surface area contributed by atoms with Crippen molar-refractivity contribution in [2.45, 2.75) is 26.8 Å². The Bertz CT molecular complexity index is 610. The summed E-state index contributed by atoms with van der Waals surface area (Å²) < 4.78 is 18.3. The lowest BCUT2D eigenvalue weighted by Crippen LogP contribution is -2.27. The number of benzene rings is 1. The van der Waals surface area contributed by atoms with Crippen LogP contribution in [0.3, 0.4) is 0 Å². The van der Waals surface area contributed by atoms with E-state index in [4.69, 9.17) is 4.52 Å². The molecule has 1 heterocycles. The van der Waals surface area contributed by atoms with E-state index in [-0.39, 0.29) is 11.5 Å². The molecule has 1 N–H and O–H groups in total. The van der Waals surface area contributed by atoms with Crippen LogP contribution < -0.4 is 5.32 Å². The smallest absolute Gasteiger partial charge is 0.252 e. The molecule has 2 aromatic rings. The van der Waals surface area contributed by atoms with Crippen LogP contribution in [0.2, 0.25) is 0 Å². The third kappa shape index (κ3) is 2.96. The van der Waals surface area contributed by atoms with Crippen LogP contribution in [-0.2, 0) is 0 Å². The number of aromatic nitrogens is 2. The first-order chi connectivity index (χ1) is 8.97. The number of rotatable bonds is 3. The van der Waals surface area contributed by atoms with E-state index in [1.54, 1.807) is 32.9 Å². The van der Waals surface area contributed by atoms with Gasteiger partial charge in [-0.15, -0.1) is 0 Å². The Morgan fingerprint density at radius 1 is 1.42 bits per heavy atom. The minimum Gasteiger partial charge on any atom is -0.341 e. The molecule has 2 rings (SSSR count). The normalized spacial score (nSPS) is 12.2. The average Bonchev–Trinajstić information content (AvgIpc) is 2.79. The fourth-order valence-corrected chi connectivity index (χ4v) is 1.56. The van der Waals surface area contributed by atoms with Gasteiger partial charge in [-0.25, -0.2) is 4.39 Å². The lowest BCUT2D eigenvalue weighted by molar-refractivity contribution is 0.0932. The number of carbonyl (C=O) groups excluding carboxylic acids is 1. The minimum absolute atomic E-state index is 0.256. The van der Waals surface area contributed by atoms with E-state index >= 15 is 0 Å². The van der Waals surface area contributed by atoms with Crippen LogP contribution in [0.25, 0.3) is 0 Å². The second-order valence-electron chi connectivity index (χ2n) is 4.34. The highest BCUT2D eigenvalue weighted by Gasteiger charge is 2.17. The monoisotopic (exact) mass is 263 g/mol. The first kappa shape index (κ1) is 13.2. The fourth-order valence-electron chi connectivity index (χ4n) is 1.56. The van der Waals surface area contributed by atoms with Gasteiger partial charge in [-0.05, 0) is 38.5 Å². The van der Waals surface area contributed by atoms with Crippen molar-refractivity contribution < 1.29 is 13.7 Å². The maximum Gasteiger partial charge on any atom is 0.252 e. The summed E-state index contributed by atoms with van der Waals surface area (Å²) in [5.74, 6) is 0.0205. The second kappa shape index (κ2) is 5.17. The molecular weight excluding hydrogens is 249 g/mol. The molecule has 0 aliphatic rings. The molecule has 100 valence electrons. The van der Waals surface area contributed by atoms with Gasteiger partial charge in [-0.3, -0.25) is 4.79 Å². The molecule has 6 heteroatoms. The number of carbonyl (C=O) groups is 1. The summed E-state index contributed by atoms with van der Waals surface area (Å²) in [4.78, 5) is 16.0. The molecule has 0 spiro atoms. The lowest BCUT2D eigenvalue weighted by atomic mass is 10.1. The zero-order chi connectivity index (χ0) is 14.0. The van der Waals surface area contributed by atoms with Crippen molar-refractivity contribution in [3.8, 4) is 0 Å². The fraction of sp³-hybridized carbons (Fsp3) is 0.308. The maximum absolute atomic E-state index is 13.4. The standard InChI is InChI=1S/C13H14FN3O2/c1-7-4-5-10(6-11(7)14)12(18)15-8(2)13-16-9(3)17-19-13/h4-6,8H,1-3H3,(H,15,18)/t8-/m1/s1. The molecular formula is C13H14FN3O2. The van der Waals surface area contributed by atoms with Gasteiger partial charge in [0.2, 0.25) is 5.89 Å². The molecule has 0 aliphatic carbocycles. The van der Waals surface area contributed by atoms with Crippen LogP contribution in [-0.4, -0.2) is 16.0 Å². The van der Waals surface area contributed by atoms with Gasteiger partial charge in [-0.1, -0.05) is 11.2 Å². The first-order valence-corrected chi connectivity index (χ1v) is 5.84. The number of amides is 1. The van der Waals surface area contributed by atoms with Gasteiger partial charge in [0.1, 0.15) is 11.9 Å². The molecule has 1 aromatic heterocycles. The van der Waals surface area contributed by atoms with Crippen molar-refractivity contribution in [1.82, 2.24) is 15.5 Å². The molecule has 0 radical (unpaired) electrons. The van der Waals surface area contributed by atoms with Crippen molar-refractivity contribution in [3.63, 3.8) is 0 Å². The lowest BCUT2D eigenvalue weighted by Gasteiger charge is -2.10. The van der Waals surface area contributed by atoms with Gasteiger partial charge in [0.15, 0.2) is 5.82 Å². The molecule has 0 aliphatic heterocycles. The quantitative estimate of drug-likeness (QED) is 0.922. The molecule has 5 nitrogen and oxygen atoms in total. The molecule has 0 fully saturated rings. The molecule has 1 atom stereocenters. The van der Waals surface area contributed by atoms with Crippen LogP contribution in [0, 0.1) is 19.7 Å². The van der Waals surface area contributed by atoms with Crippen molar-refractivity contribution >= 4 is 5.91 Å². The third-order valence-electron chi connectivity index (χ3n) is 2.70. The Hall–Kier alpha value is -2.24. The van der Waals surface area contributed by atoms with Crippen molar-refractivity contribution in [3.05, 3.63) is 46.9 Å². The van der Waals surface area contributed by atoms with Crippen LogP contribution in [0.1, 0.15) is 40.6 Å². The second-order valence-corrected chi connectivity index (χ2v) is 4.34. The highest BCUT2D eigenvalue weighted by atomic mass is 19.1. The molecule has 0 saturated heterocycles. The van der Waals surface area contributed by atoms with E-state index in [0.29, 0.717) is 17.3 Å². The maximum atomic E-state index is 13.4. The molecule has 1 aromatic carbocycles. The van der Waals surface area contributed by atoms with E-state index in [2.05, 4.69) is 15.5 Å². The Morgan fingerprint density at radius 3 is 2.74 bits per heavy atom. The number of halogens is 1. The Labute approximate surface area is 109 Å². The van der Waals surface area contributed by atoms with Crippen LogP contribution in [0.15, 0.2) is 22.7 Å². The summed E-state index contributed by atoms with van der Waals surface area (Å²) in [5, 5.41) is 6.32. The van der Waals surface area contributed by atoms with E-state index < -0.39 is 11.9 Å². The predicted octanol–water partition coefficient (Wildman–Crippen LogP) is 2.32. The number of aryl methyl sites for hydroxylation is 2. The van der Waals surface area contributed by atoms with E-state index in [1.165, 1.54) is 6.07 Å². The van der Waals surface area contributed by atoms with Gasteiger partial charge in [-0.2, -0.15) is 4.98 Å². The zero-order valence-electron chi connectivity index (χ0n) is 10.9. The summed E-state index contributed by atoms with van der Waals surface area (Å²) in [6, 6.07) is 3.90. The van der Waals surface area contributed by atoms with Crippen molar-refractivity contribution in [2.24, 2.45) is 0 Å². The molecule has 0 unspecified atom stereocenters. The predicted molar refractivity (Wildman–Crippen MR) is 66.1 cm³/mol. The van der Waals surface area contributed by atoms with Crippen LogP contribution >= 0.6 is 0 Å². The molecule has 0 saturated carbocycles. The van der Waals surface area contributed by atoms with Gasteiger partial charge >= 0.3 is 0 Å². The topological polar surface area (TPSA) is 68.0 Å². The SMILES string of the molecule is Cc1noc([C@@H](C)NC(=O)c2ccc(C)c(F)c2)n1. The van der Waals surface area contributed by atoms with E-state index in [1.807, 2.05) is 0 Å². The third-order valence-corrected chi connectivity index (χ3v) is 2.70. The van der Waals surface area contributed by atoms with Gasteiger partial charge < -0.3 is 9.84 Å². The summed E-state index contributed by atoms with van der Waals surface area (Å²) >= 11 is 0. The Morgan fingerprint density at radius 2 is 2.16 bits per heavy atom.